The van der Waals surface area contributed by atoms with E-state index in [1.54, 1.807) is 0 Å². The lowest BCUT2D eigenvalue weighted by Crippen LogP contribution is -2.65. The van der Waals surface area contributed by atoms with E-state index in [-0.39, 0.29) is 0 Å². The first-order chi connectivity index (χ1) is 10.5. The Balaban J connectivity index is 3.23. The summed E-state index contributed by atoms with van der Waals surface area (Å²) in [5, 5.41) is 29.3. The second-order valence-corrected chi connectivity index (χ2v) is 8.23. The fourth-order valence-electron chi connectivity index (χ4n) is 2.01. The van der Waals surface area contributed by atoms with Crippen LogP contribution in [0.5, 0.6) is 0 Å². The van der Waals surface area contributed by atoms with Crippen molar-refractivity contribution in [3.05, 3.63) is 0 Å². The normalized spacial score (nSPS) is 35.9. The van der Waals surface area contributed by atoms with Gasteiger partial charge in [0, 0.05) is 0 Å². The third-order valence-corrected chi connectivity index (χ3v) is 4.35. The van der Waals surface area contributed by atoms with Crippen LogP contribution in [0.4, 0.5) is 0 Å². The van der Waals surface area contributed by atoms with Gasteiger partial charge in [-0.3, -0.25) is 13.6 Å². The number of hydrogen-bond donors (Lipinski definition) is 9. The Morgan fingerprint density at radius 1 is 0.500 bits per heavy atom. The summed E-state index contributed by atoms with van der Waals surface area (Å²) in [5.74, 6) is 0. The summed E-state index contributed by atoms with van der Waals surface area (Å²) >= 11 is 0. The molecule has 1 saturated carbocycles. The molecule has 1 aliphatic carbocycles. The Bertz CT molecular complexity index is 574. The van der Waals surface area contributed by atoms with Crippen LogP contribution in [0.15, 0.2) is 0 Å². The first-order valence-electron chi connectivity index (χ1n) is 5.78. The Kier molecular flexibility index (Phi) is 6.90. The van der Waals surface area contributed by atoms with Gasteiger partial charge >= 0.3 is 23.5 Å². The third-order valence-electron chi connectivity index (χ3n) is 2.80. The molecule has 0 aromatic carbocycles. The van der Waals surface area contributed by atoms with Gasteiger partial charge in [-0.15, -0.1) is 0 Å². The van der Waals surface area contributed by atoms with Crippen LogP contribution in [0.25, 0.3) is 0 Å². The number of phosphoric ester groups is 3. The molecule has 18 heteroatoms. The van der Waals surface area contributed by atoms with Gasteiger partial charge < -0.3 is 44.7 Å². The van der Waals surface area contributed by atoms with Crippen molar-refractivity contribution < 1.29 is 71.9 Å². The summed E-state index contributed by atoms with van der Waals surface area (Å²) in [5.41, 5.74) is 0. The third kappa shape index (κ3) is 6.50. The van der Waals surface area contributed by atoms with Crippen LogP contribution in [-0.4, -0.2) is 81.3 Å². The number of hydrogen-bond acceptors (Lipinski definition) is 9. The minimum atomic E-state index is -5.43. The second kappa shape index (κ2) is 7.45. The molecule has 144 valence electrons. The smallest absolute Gasteiger partial charge is 0.387 e. The lowest BCUT2D eigenvalue weighted by molar-refractivity contribution is -0.212. The van der Waals surface area contributed by atoms with Gasteiger partial charge in [0.25, 0.3) is 0 Å². The van der Waals surface area contributed by atoms with Crippen molar-refractivity contribution in [3.8, 4) is 0 Å². The summed E-state index contributed by atoms with van der Waals surface area (Å²) in [4.78, 5) is 52.4. The van der Waals surface area contributed by atoms with Crippen molar-refractivity contribution in [1.29, 1.82) is 0 Å². The molecule has 1 rings (SSSR count). The average Bonchev–Trinajstić information content (AvgIpc) is 2.32. The van der Waals surface area contributed by atoms with Crippen LogP contribution in [-0.2, 0) is 27.3 Å². The van der Waals surface area contributed by atoms with E-state index >= 15 is 0 Å². The Labute approximate surface area is 133 Å². The molecule has 0 amide bonds. The maximum atomic E-state index is 10.9. The fourth-order valence-corrected chi connectivity index (χ4v) is 3.70. The average molecular weight is 420 g/mol. The van der Waals surface area contributed by atoms with E-state index in [0.717, 1.165) is 0 Å². The highest BCUT2D eigenvalue weighted by Crippen LogP contribution is 2.49. The zero-order valence-electron chi connectivity index (χ0n) is 11.3. The zero-order valence-corrected chi connectivity index (χ0v) is 14.0. The van der Waals surface area contributed by atoms with Crippen LogP contribution in [0.3, 0.4) is 0 Å². The maximum Gasteiger partial charge on any atom is 0.470 e. The highest BCUT2D eigenvalue weighted by Gasteiger charge is 2.56. The molecule has 1 aliphatic rings. The monoisotopic (exact) mass is 420 g/mol. The van der Waals surface area contributed by atoms with Crippen LogP contribution in [0.2, 0.25) is 0 Å². The van der Waals surface area contributed by atoms with Crippen LogP contribution in [0.1, 0.15) is 0 Å². The van der Waals surface area contributed by atoms with E-state index in [9.17, 15) is 29.0 Å². The van der Waals surface area contributed by atoms with Crippen molar-refractivity contribution in [2.75, 3.05) is 0 Å². The SMILES string of the molecule is O=P(O)(O)OC1C(OP(=O)(O)O)[C@H](O)[C@H](OP(=O)(O)O)C(O)[C@@H]1O. The van der Waals surface area contributed by atoms with Gasteiger partial charge in [-0.25, -0.2) is 13.7 Å². The lowest BCUT2D eigenvalue weighted by atomic mass is 9.85. The Morgan fingerprint density at radius 3 is 1.08 bits per heavy atom. The minimum Gasteiger partial charge on any atom is -0.387 e. The van der Waals surface area contributed by atoms with Crippen LogP contribution < -0.4 is 0 Å². The molecular weight excluding hydrogens is 405 g/mol. The molecule has 9 N–H and O–H groups in total. The summed E-state index contributed by atoms with van der Waals surface area (Å²) in [6, 6.07) is 0. The standard InChI is InChI=1S/C6H15O15P3/c7-1-2(8)5(20-23(13,14)15)6(21-24(16,17)18)3(9)4(1)19-22(10,11)12/h1-9H,(H2,10,11,12)(H2,13,14,15)(H2,16,17,18)/t1?,2-,3+,4+,5?,6?/m0/s1. The summed E-state index contributed by atoms with van der Waals surface area (Å²) in [6.45, 7) is 0. The van der Waals surface area contributed by atoms with Gasteiger partial charge in [-0.05, 0) is 0 Å². The molecule has 0 radical (unpaired) electrons. The Morgan fingerprint density at radius 2 is 0.750 bits per heavy atom. The molecule has 0 saturated heterocycles. The molecule has 0 aliphatic heterocycles. The fraction of sp³-hybridized carbons (Fsp3) is 1.00. The lowest BCUT2D eigenvalue weighted by Gasteiger charge is -2.44. The predicted octanol–water partition coefficient (Wildman–Crippen LogP) is -3.48. The van der Waals surface area contributed by atoms with Gasteiger partial charge in [0.05, 0.1) is 0 Å². The minimum absolute atomic E-state index is 2.32. The molecule has 0 heterocycles. The van der Waals surface area contributed by atoms with Crippen molar-refractivity contribution in [3.63, 3.8) is 0 Å². The Hall–Kier alpha value is 0.210. The molecule has 15 nitrogen and oxygen atoms in total. The molecule has 0 aromatic heterocycles. The summed E-state index contributed by atoms with van der Waals surface area (Å²) in [6.07, 6.45) is -14.3. The highest BCUT2D eigenvalue weighted by molar-refractivity contribution is 7.46. The van der Waals surface area contributed by atoms with Gasteiger partial charge in [0.1, 0.15) is 36.6 Å². The van der Waals surface area contributed by atoms with Gasteiger partial charge in [0.2, 0.25) is 0 Å². The molecule has 3 unspecified atom stereocenters. The van der Waals surface area contributed by atoms with E-state index in [1.165, 1.54) is 0 Å². The van der Waals surface area contributed by atoms with E-state index < -0.39 is 60.1 Å². The molecular formula is C6H15O15P3. The van der Waals surface area contributed by atoms with E-state index in [2.05, 4.69) is 13.6 Å². The quantitative estimate of drug-likeness (QED) is 0.189. The second-order valence-electron chi connectivity index (χ2n) is 4.65. The van der Waals surface area contributed by atoms with Crippen LogP contribution >= 0.6 is 23.5 Å². The van der Waals surface area contributed by atoms with E-state index in [1.807, 2.05) is 0 Å². The van der Waals surface area contributed by atoms with Gasteiger partial charge in [0.15, 0.2) is 0 Å². The summed E-state index contributed by atoms with van der Waals surface area (Å²) in [7, 11) is -16.2. The molecule has 0 spiro atoms. The number of aliphatic hydroxyl groups is 3. The molecule has 1 fully saturated rings. The van der Waals surface area contributed by atoms with Crippen molar-refractivity contribution in [2.24, 2.45) is 0 Å². The first kappa shape index (κ1) is 22.3. The maximum absolute atomic E-state index is 10.9. The van der Waals surface area contributed by atoms with Gasteiger partial charge in [-0.1, -0.05) is 0 Å². The van der Waals surface area contributed by atoms with Crippen LogP contribution in [0, 0.1) is 0 Å². The molecule has 0 aromatic rings. The molecule has 24 heavy (non-hydrogen) atoms. The number of aliphatic hydroxyl groups excluding tert-OH is 3. The highest BCUT2D eigenvalue weighted by atomic mass is 31.2. The molecule has 0 bridgehead atoms. The van der Waals surface area contributed by atoms with Crippen molar-refractivity contribution >= 4 is 23.5 Å². The first-order valence-corrected chi connectivity index (χ1v) is 10.4. The molecule has 6 atom stereocenters. The topological polar surface area (TPSA) is 261 Å². The van der Waals surface area contributed by atoms with Crippen molar-refractivity contribution in [2.45, 2.75) is 36.6 Å². The zero-order chi connectivity index (χ0) is 19.1. The van der Waals surface area contributed by atoms with E-state index in [4.69, 9.17) is 29.4 Å². The summed E-state index contributed by atoms with van der Waals surface area (Å²) < 4.78 is 44.7. The van der Waals surface area contributed by atoms with Crippen molar-refractivity contribution in [1.82, 2.24) is 0 Å². The largest absolute Gasteiger partial charge is 0.470 e. The predicted molar refractivity (Wildman–Crippen MR) is 68.8 cm³/mol. The van der Waals surface area contributed by atoms with E-state index in [0.29, 0.717) is 0 Å². The number of phosphoric acid groups is 3. The number of rotatable bonds is 6. The van der Waals surface area contributed by atoms with Gasteiger partial charge in [-0.2, -0.15) is 0 Å².